The standard InChI is InChI=1S/C15H18BrFN2O/c1-4-19-12(14(16)10(3)18-19)8-13(20)11-7-5-6-9(2)15(11)17/h5-7,13,20H,4,8H2,1-3H3. The fraction of sp³-hybridized carbons (Fsp3) is 0.400. The first-order chi connectivity index (χ1) is 9.45. The Morgan fingerprint density at radius 1 is 1.40 bits per heavy atom. The van der Waals surface area contributed by atoms with Gasteiger partial charge in [0.2, 0.25) is 0 Å². The van der Waals surface area contributed by atoms with Crippen LogP contribution in [0.15, 0.2) is 22.7 Å². The van der Waals surface area contributed by atoms with Crippen LogP contribution in [0.3, 0.4) is 0 Å². The molecule has 0 saturated heterocycles. The summed E-state index contributed by atoms with van der Waals surface area (Å²) in [7, 11) is 0. The normalized spacial score (nSPS) is 12.7. The van der Waals surface area contributed by atoms with Gasteiger partial charge in [0, 0.05) is 18.5 Å². The van der Waals surface area contributed by atoms with E-state index in [2.05, 4.69) is 21.0 Å². The topological polar surface area (TPSA) is 38.0 Å². The Balaban J connectivity index is 2.32. The molecule has 3 nitrogen and oxygen atoms in total. The van der Waals surface area contributed by atoms with Gasteiger partial charge in [0.05, 0.1) is 22.0 Å². The Hall–Kier alpha value is -1.20. The highest BCUT2D eigenvalue weighted by molar-refractivity contribution is 9.10. The summed E-state index contributed by atoms with van der Waals surface area (Å²) in [5, 5.41) is 14.7. The Morgan fingerprint density at radius 3 is 2.75 bits per heavy atom. The van der Waals surface area contributed by atoms with Crippen molar-refractivity contribution in [2.45, 2.75) is 39.8 Å². The highest BCUT2D eigenvalue weighted by atomic mass is 79.9. The van der Waals surface area contributed by atoms with Crippen molar-refractivity contribution in [3.8, 4) is 0 Å². The number of benzene rings is 1. The van der Waals surface area contributed by atoms with Crippen LogP contribution in [0, 0.1) is 19.7 Å². The molecule has 0 aliphatic heterocycles. The summed E-state index contributed by atoms with van der Waals surface area (Å²) in [6, 6.07) is 5.08. The van der Waals surface area contributed by atoms with Crippen LogP contribution in [0.2, 0.25) is 0 Å². The monoisotopic (exact) mass is 340 g/mol. The van der Waals surface area contributed by atoms with Crippen LogP contribution >= 0.6 is 15.9 Å². The summed E-state index contributed by atoms with van der Waals surface area (Å²) in [6.45, 7) is 6.30. The lowest BCUT2D eigenvalue weighted by Crippen LogP contribution is -2.10. The lowest BCUT2D eigenvalue weighted by atomic mass is 10.0. The number of aryl methyl sites for hydroxylation is 3. The molecule has 1 atom stereocenters. The third kappa shape index (κ3) is 2.79. The highest BCUT2D eigenvalue weighted by Gasteiger charge is 2.20. The Bertz CT molecular complexity index is 625. The average Bonchev–Trinajstić information content (AvgIpc) is 2.69. The first-order valence-corrected chi connectivity index (χ1v) is 7.39. The van der Waals surface area contributed by atoms with Gasteiger partial charge in [0.15, 0.2) is 0 Å². The van der Waals surface area contributed by atoms with Gasteiger partial charge in [-0.1, -0.05) is 18.2 Å². The number of hydrogen-bond acceptors (Lipinski definition) is 2. The largest absolute Gasteiger partial charge is 0.388 e. The Kier molecular flexibility index (Phi) is 4.60. The lowest BCUT2D eigenvalue weighted by molar-refractivity contribution is 0.170. The van der Waals surface area contributed by atoms with Gasteiger partial charge in [0.1, 0.15) is 5.82 Å². The van der Waals surface area contributed by atoms with E-state index in [-0.39, 0.29) is 5.82 Å². The van der Waals surface area contributed by atoms with E-state index in [9.17, 15) is 9.50 Å². The molecule has 5 heteroatoms. The minimum Gasteiger partial charge on any atom is -0.388 e. The zero-order valence-electron chi connectivity index (χ0n) is 11.8. The molecular weight excluding hydrogens is 323 g/mol. The van der Waals surface area contributed by atoms with Crippen molar-refractivity contribution in [2.75, 3.05) is 0 Å². The number of nitrogens with zero attached hydrogens (tertiary/aromatic N) is 2. The highest BCUT2D eigenvalue weighted by Crippen LogP contribution is 2.28. The fourth-order valence-electron chi connectivity index (χ4n) is 2.28. The molecule has 0 radical (unpaired) electrons. The molecule has 20 heavy (non-hydrogen) atoms. The first kappa shape index (κ1) is 15.2. The van der Waals surface area contributed by atoms with Gasteiger partial charge in [-0.3, -0.25) is 4.68 Å². The molecule has 0 bridgehead atoms. The fourth-order valence-corrected chi connectivity index (χ4v) is 2.73. The van der Waals surface area contributed by atoms with E-state index in [0.717, 1.165) is 15.9 Å². The van der Waals surface area contributed by atoms with Crippen molar-refractivity contribution < 1.29 is 9.50 Å². The molecule has 1 aromatic heterocycles. The summed E-state index contributed by atoms with van der Waals surface area (Å²) in [5.74, 6) is -0.338. The summed E-state index contributed by atoms with van der Waals surface area (Å²) < 4.78 is 16.8. The second-order valence-corrected chi connectivity index (χ2v) is 5.65. The van der Waals surface area contributed by atoms with Gasteiger partial charge in [-0.15, -0.1) is 0 Å². The van der Waals surface area contributed by atoms with E-state index in [1.807, 2.05) is 18.5 Å². The second kappa shape index (κ2) is 6.06. The summed E-state index contributed by atoms with van der Waals surface area (Å²) >= 11 is 3.49. The third-order valence-electron chi connectivity index (χ3n) is 3.42. The minimum absolute atomic E-state index is 0.329. The SMILES string of the molecule is CCn1nc(C)c(Br)c1CC(O)c1cccc(C)c1F. The summed E-state index contributed by atoms with van der Waals surface area (Å²) in [4.78, 5) is 0. The van der Waals surface area contributed by atoms with Gasteiger partial charge in [-0.05, 0) is 42.3 Å². The van der Waals surface area contributed by atoms with Crippen molar-refractivity contribution in [3.05, 3.63) is 51.0 Å². The molecule has 1 aromatic carbocycles. The summed E-state index contributed by atoms with van der Waals surface area (Å²) in [5.41, 5.74) is 2.64. The molecular formula is C15H18BrFN2O. The van der Waals surface area contributed by atoms with Crippen molar-refractivity contribution in [2.24, 2.45) is 0 Å². The van der Waals surface area contributed by atoms with E-state index in [1.54, 1.807) is 25.1 Å². The third-order valence-corrected chi connectivity index (χ3v) is 4.45. The molecule has 0 saturated carbocycles. The van der Waals surface area contributed by atoms with Crippen LogP contribution < -0.4 is 0 Å². The molecule has 1 heterocycles. The predicted octanol–water partition coefficient (Wildman–Crippen LogP) is 3.70. The van der Waals surface area contributed by atoms with Crippen LogP contribution in [0.25, 0.3) is 0 Å². The zero-order valence-corrected chi connectivity index (χ0v) is 13.4. The zero-order chi connectivity index (χ0) is 14.9. The first-order valence-electron chi connectivity index (χ1n) is 6.60. The van der Waals surface area contributed by atoms with Gasteiger partial charge >= 0.3 is 0 Å². The lowest BCUT2D eigenvalue weighted by Gasteiger charge is -2.14. The number of hydrogen-bond donors (Lipinski definition) is 1. The molecule has 1 N–H and O–H groups in total. The van der Waals surface area contributed by atoms with E-state index >= 15 is 0 Å². The van der Waals surface area contributed by atoms with E-state index in [4.69, 9.17) is 0 Å². The maximum atomic E-state index is 14.0. The number of aliphatic hydroxyl groups is 1. The molecule has 0 amide bonds. The second-order valence-electron chi connectivity index (χ2n) is 4.86. The van der Waals surface area contributed by atoms with Gasteiger partial charge in [-0.2, -0.15) is 5.10 Å². The number of halogens is 2. The number of aromatic nitrogens is 2. The van der Waals surface area contributed by atoms with E-state index in [0.29, 0.717) is 24.1 Å². The molecule has 0 fully saturated rings. The van der Waals surface area contributed by atoms with Crippen LogP contribution in [-0.4, -0.2) is 14.9 Å². The van der Waals surface area contributed by atoms with E-state index in [1.165, 1.54) is 0 Å². The molecule has 2 aromatic rings. The number of rotatable bonds is 4. The molecule has 1 unspecified atom stereocenters. The Morgan fingerprint density at radius 2 is 2.10 bits per heavy atom. The van der Waals surface area contributed by atoms with Crippen LogP contribution in [0.5, 0.6) is 0 Å². The molecule has 108 valence electrons. The minimum atomic E-state index is -0.882. The van der Waals surface area contributed by atoms with Crippen LogP contribution in [-0.2, 0) is 13.0 Å². The summed E-state index contributed by atoms with van der Waals surface area (Å²) in [6.07, 6.45) is -0.553. The maximum Gasteiger partial charge on any atom is 0.131 e. The average molecular weight is 341 g/mol. The molecule has 0 aliphatic rings. The van der Waals surface area contributed by atoms with E-state index < -0.39 is 6.10 Å². The van der Waals surface area contributed by atoms with Crippen LogP contribution in [0.4, 0.5) is 4.39 Å². The van der Waals surface area contributed by atoms with Crippen molar-refractivity contribution in [1.82, 2.24) is 9.78 Å². The van der Waals surface area contributed by atoms with Crippen molar-refractivity contribution in [3.63, 3.8) is 0 Å². The Labute approximate surface area is 126 Å². The van der Waals surface area contributed by atoms with Crippen molar-refractivity contribution in [1.29, 1.82) is 0 Å². The van der Waals surface area contributed by atoms with Crippen LogP contribution in [0.1, 0.15) is 35.5 Å². The smallest absolute Gasteiger partial charge is 0.131 e. The quantitative estimate of drug-likeness (QED) is 0.921. The number of aliphatic hydroxyl groups excluding tert-OH is 1. The maximum absolute atomic E-state index is 14.0. The molecule has 0 spiro atoms. The van der Waals surface area contributed by atoms with Gasteiger partial charge < -0.3 is 5.11 Å². The van der Waals surface area contributed by atoms with Crippen molar-refractivity contribution >= 4 is 15.9 Å². The van der Waals surface area contributed by atoms with Gasteiger partial charge in [-0.25, -0.2) is 4.39 Å². The molecule has 0 aliphatic carbocycles. The predicted molar refractivity (Wildman–Crippen MR) is 80.1 cm³/mol. The molecule has 2 rings (SSSR count). The van der Waals surface area contributed by atoms with Gasteiger partial charge in [0.25, 0.3) is 0 Å².